The van der Waals surface area contributed by atoms with Crippen molar-refractivity contribution in [1.29, 1.82) is 0 Å². The van der Waals surface area contributed by atoms with E-state index in [0.717, 1.165) is 17.7 Å². The maximum absolute atomic E-state index is 13.3. The smallest absolute Gasteiger partial charge is 0.125 e. The fourth-order valence-electron chi connectivity index (χ4n) is 2.65. The molecule has 1 aliphatic carbocycles. The van der Waals surface area contributed by atoms with E-state index in [0.29, 0.717) is 5.92 Å². The largest absolute Gasteiger partial charge is 0.394 e. The lowest BCUT2D eigenvalue weighted by molar-refractivity contribution is 0.167. The average molecular weight is 251 g/mol. The van der Waals surface area contributed by atoms with Gasteiger partial charge < -0.3 is 10.4 Å². The van der Waals surface area contributed by atoms with E-state index in [2.05, 4.69) is 5.32 Å². The van der Waals surface area contributed by atoms with Crippen LogP contribution in [0.5, 0.6) is 0 Å². The summed E-state index contributed by atoms with van der Waals surface area (Å²) in [5.41, 5.74) is 1.29. The van der Waals surface area contributed by atoms with Gasteiger partial charge in [-0.15, -0.1) is 0 Å². The Kier molecular flexibility index (Phi) is 3.91. The van der Waals surface area contributed by atoms with Crippen LogP contribution in [0, 0.1) is 18.7 Å². The topological polar surface area (TPSA) is 32.3 Å². The number of rotatable bonds is 5. The number of halogens is 1. The molecule has 18 heavy (non-hydrogen) atoms. The van der Waals surface area contributed by atoms with Gasteiger partial charge in [-0.2, -0.15) is 0 Å². The van der Waals surface area contributed by atoms with Gasteiger partial charge >= 0.3 is 0 Å². The van der Waals surface area contributed by atoms with Crippen molar-refractivity contribution in [1.82, 2.24) is 0 Å². The summed E-state index contributed by atoms with van der Waals surface area (Å²) in [4.78, 5) is 0. The van der Waals surface area contributed by atoms with Gasteiger partial charge in [-0.25, -0.2) is 4.39 Å². The zero-order valence-electron chi connectivity index (χ0n) is 11.2. The second-order valence-electron chi connectivity index (χ2n) is 5.86. The second kappa shape index (κ2) is 5.27. The zero-order valence-corrected chi connectivity index (χ0v) is 11.2. The monoisotopic (exact) mass is 251 g/mol. The minimum atomic E-state index is -0.356. The van der Waals surface area contributed by atoms with Crippen LogP contribution in [0.3, 0.4) is 0 Å². The number of hydrogen-bond donors (Lipinski definition) is 2. The minimum absolute atomic E-state index is 0.0685. The van der Waals surface area contributed by atoms with Gasteiger partial charge in [0.15, 0.2) is 0 Å². The molecule has 2 nitrogen and oxygen atoms in total. The highest BCUT2D eigenvalue weighted by molar-refractivity contribution is 5.48. The molecule has 1 saturated carbocycles. The molecule has 0 saturated heterocycles. The fourth-order valence-corrected chi connectivity index (χ4v) is 2.65. The van der Waals surface area contributed by atoms with Crippen LogP contribution in [-0.4, -0.2) is 17.3 Å². The van der Waals surface area contributed by atoms with Gasteiger partial charge in [0.25, 0.3) is 0 Å². The Hall–Kier alpha value is -1.09. The summed E-state index contributed by atoms with van der Waals surface area (Å²) < 4.78 is 13.3. The van der Waals surface area contributed by atoms with Crippen LogP contribution >= 0.6 is 0 Å². The van der Waals surface area contributed by atoms with Crippen molar-refractivity contribution in [2.24, 2.45) is 5.92 Å². The number of benzene rings is 1. The molecule has 1 aromatic rings. The summed E-state index contributed by atoms with van der Waals surface area (Å²) >= 11 is 0. The lowest BCUT2D eigenvalue weighted by Crippen LogP contribution is -2.41. The van der Waals surface area contributed by atoms with Gasteiger partial charge in [0.2, 0.25) is 0 Å². The van der Waals surface area contributed by atoms with Gasteiger partial charge in [-0.05, 0) is 49.9 Å². The quantitative estimate of drug-likeness (QED) is 0.839. The molecule has 2 N–H and O–H groups in total. The molecular formula is C15H22FNO. The standard InChI is InChI=1S/C15H22FNO/c1-11-6-13(16)8-14(7-11)17-15(2,10-18)9-12-4-3-5-12/h6-8,12,17-18H,3-5,9-10H2,1-2H3. The number of aryl methyl sites for hydroxylation is 1. The van der Waals surface area contributed by atoms with Gasteiger partial charge in [-0.1, -0.05) is 19.3 Å². The number of aliphatic hydroxyl groups is 1. The van der Waals surface area contributed by atoms with E-state index in [1.807, 2.05) is 19.9 Å². The van der Waals surface area contributed by atoms with E-state index in [4.69, 9.17) is 0 Å². The SMILES string of the molecule is Cc1cc(F)cc(NC(C)(CO)CC2CCC2)c1. The van der Waals surface area contributed by atoms with E-state index in [9.17, 15) is 9.50 Å². The van der Waals surface area contributed by atoms with Crippen LogP contribution in [0.25, 0.3) is 0 Å². The third-order valence-electron chi connectivity index (χ3n) is 3.80. The van der Waals surface area contributed by atoms with Crippen molar-refractivity contribution in [3.8, 4) is 0 Å². The molecular weight excluding hydrogens is 229 g/mol. The van der Waals surface area contributed by atoms with Crippen LogP contribution in [0.15, 0.2) is 18.2 Å². The van der Waals surface area contributed by atoms with E-state index >= 15 is 0 Å². The summed E-state index contributed by atoms with van der Waals surface area (Å²) in [6, 6.07) is 4.91. The maximum atomic E-state index is 13.3. The third kappa shape index (κ3) is 3.22. The maximum Gasteiger partial charge on any atom is 0.125 e. The van der Waals surface area contributed by atoms with Crippen LogP contribution in [0.4, 0.5) is 10.1 Å². The van der Waals surface area contributed by atoms with Crippen molar-refractivity contribution in [2.45, 2.75) is 45.1 Å². The Balaban J connectivity index is 2.07. The molecule has 1 unspecified atom stereocenters. The lowest BCUT2D eigenvalue weighted by Gasteiger charge is -2.37. The van der Waals surface area contributed by atoms with E-state index in [1.165, 1.54) is 31.4 Å². The number of hydrogen-bond acceptors (Lipinski definition) is 2. The van der Waals surface area contributed by atoms with Crippen molar-refractivity contribution in [2.75, 3.05) is 11.9 Å². The number of aliphatic hydroxyl groups excluding tert-OH is 1. The predicted octanol–water partition coefficient (Wildman–Crippen LogP) is 3.49. The highest BCUT2D eigenvalue weighted by atomic mass is 19.1. The molecule has 0 bridgehead atoms. The van der Waals surface area contributed by atoms with Gasteiger partial charge in [0.1, 0.15) is 5.82 Å². The first-order chi connectivity index (χ1) is 8.50. The fraction of sp³-hybridized carbons (Fsp3) is 0.600. The molecule has 0 amide bonds. The summed E-state index contributed by atoms with van der Waals surface area (Å²) in [7, 11) is 0. The Labute approximate surface area is 108 Å². The number of nitrogens with one attached hydrogen (secondary N) is 1. The first kappa shape index (κ1) is 13.3. The molecule has 0 aromatic heterocycles. The Morgan fingerprint density at radius 2 is 2.11 bits per heavy atom. The normalized spacial score (nSPS) is 19.1. The Bertz CT molecular complexity index is 397. The van der Waals surface area contributed by atoms with E-state index in [-0.39, 0.29) is 18.0 Å². The van der Waals surface area contributed by atoms with Crippen LogP contribution in [-0.2, 0) is 0 Å². The second-order valence-corrected chi connectivity index (χ2v) is 5.86. The predicted molar refractivity (Wildman–Crippen MR) is 72.2 cm³/mol. The van der Waals surface area contributed by atoms with Gasteiger partial charge in [-0.3, -0.25) is 0 Å². The highest BCUT2D eigenvalue weighted by Crippen LogP contribution is 2.35. The summed E-state index contributed by atoms with van der Waals surface area (Å²) in [6.45, 7) is 3.95. The summed E-state index contributed by atoms with van der Waals surface area (Å²) in [6.07, 6.45) is 4.74. The molecule has 2 rings (SSSR count). The molecule has 1 fully saturated rings. The van der Waals surface area contributed by atoms with Crippen molar-refractivity contribution < 1.29 is 9.50 Å². The van der Waals surface area contributed by atoms with Crippen LogP contribution < -0.4 is 5.32 Å². The first-order valence-electron chi connectivity index (χ1n) is 6.67. The molecule has 0 spiro atoms. The molecule has 1 aromatic carbocycles. The zero-order chi connectivity index (χ0) is 13.2. The van der Waals surface area contributed by atoms with Gasteiger partial charge in [0.05, 0.1) is 12.1 Å². The summed E-state index contributed by atoms with van der Waals surface area (Å²) in [5.74, 6) is 0.464. The van der Waals surface area contributed by atoms with Crippen molar-refractivity contribution >= 4 is 5.69 Å². The summed E-state index contributed by atoms with van der Waals surface area (Å²) in [5, 5.41) is 12.9. The van der Waals surface area contributed by atoms with Gasteiger partial charge in [0, 0.05) is 5.69 Å². The first-order valence-corrected chi connectivity index (χ1v) is 6.67. The molecule has 0 aliphatic heterocycles. The van der Waals surface area contributed by atoms with E-state index < -0.39 is 0 Å². The third-order valence-corrected chi connectivity index (χ3v) is 3.80. The molecule has 0 heterocycles. The minimum Gasteiger partial charge on any atom is -0.394 e. The average Bonchev–Trinajstić information content (AvgIpc) is 2.22. The van der Waals surface area contributed by atoms with Crippen LogP contribution in [0.1, 0.15) is 38.2 Å². The highest BCUT2D eigenvalue weighted by Gasteiger charge is 2.30. The molecule has 1 aliphatic rings. The van der Waals surface area contributed by atoms with E-state index in [1.54, 1.807) is 0 Å². The molecule has 0 radical (unpaired) electrons. The molecule has 1 atom stereocenters. The van der Waals surface area contributed by atoms with Crippen molar-refractivity contribution in [3.05, 3.63) is 29.6 Å². The van der Waals surface area contributed by atoms with Crippen LogP contribution in [0.2, 0.25) is 0 Å². The molecule has 3 heteroatoms. The van der Waals surface area contributed by atoms with Crippen molar-refractivity contribution in [3.63, 3.8) is 0 Å². The molecule has 100 valence electrons. The number of anilines is 1. The Morgan fingerprint density at radius 3 is 2.61 bits per heavy atom. The Morgan fingerprint density at radius 1 is 1.39 bits per heavy atom. The lowest BCUT2D eigenvalue weighted by atomic mass is 9.76.